The maximum Gasteiger partial charge on any atom is 0.264 e. The Labute approximate surface area is 173 Å². The van der Waals surface area contributed by atoms with Gasteiger partial charge in [-0.1, -0.05) is 24.3 Å². The van der Waals surface area contributed by atoms with Crippen LogP contribution in [0, 0.1) is 0 Å². The Kier molecular flexibility index (Phi) is 2.94. The molecule has 7 aromatic rings. The average molecular weight is 406 g/mol. The molecule has 3 heterocycles. The molecule has 4 nitrogen and oxygen atoms in total. The van der Waals surface area contributed by atoms with Crippen LogP contribution in [0.15, 0.2) is 71.5 Å². The van der Waals surface area contributed by atoms with Gasteiger partial charge in [-0.3, -0.25) is 9.20 Å². The smallest absolute Gasteiger partial charge is 0.264 e. The number of nitrogens with zero attached hydrogens (tertiary/aromatic N) is 2. The Balaban J connectivity index is 1.79. The first-order valence-electron chi connectivity index (χ1n) is 9.73. The minimum Gasteiger partial charge on any atom is -0.497 e. The van der Waals surface area contributed by atoms with Gasteiger partial charge in [-0.15, -0.1) is 11.3 Å². The van der Waals surface area contributed by atoms with Gasteiger partial charge in [0, 0.05) is 37.0 Å². The Bertz CT molecular complexity index is 1860. The largest absolute Gasteiger partial charge is 0.497 e. The van der Waals surface area contributed by atoms with Gasteiger partial charge < -0.3 is 4.74 Å². The molecule has 0 amide bonds. The van der Waals surface area contributed by atoms with E-state index in [1.807, 2.05) is 24.3 Å². The van der Waals surface area contributed by atoms with Crippen molar-refractivity contribution in [3.63, 3.8) is 0 Å². The van der Waals surface area contributed by atoms with E-state index < -0.39 is 0 Å². The van der Waals surface area contributed by atoms with Crippen molar-refractivity contribution in [1.29, 1.82) is 0 Å². The van der Waals surface area contributed by atoms with Crippen LogP contribution in [0.2, 0.25) is 0 Å². The molecular weight excluding hydrogens is 392 g/mol. The highest BCUT2D eigenvalue weighted by atomic mass is 32.1. The molecule has 0 aliphatic heterocycles. The van der Waals surface area contributed by atoms with Crippen LogP contribution in [0.3, 0.4) is 0 Å². The fourth-order valence-corrected chi connectivity index (χ4v) is 5.85. The van der Waals surface area contributed by atoms with E-state index in [1.54, 1.807) is 22.8 Å². The zero-order valence-electron chi connectivity index (χ0n) is 16.0. The third-order valence-electron chi connectivity index (χ3n) is 6.06. The lowest BCUT2D eigenvalue weighted by molar-refractivity contribution is 0.415. The van der Waals surface area contributed by atoms with Gasteiger partial charge in [0.25, 0.3) is 5.56 Å². The third-order valence-corrected chi connectivity index (χ3v) is 7.19. The lowest BCUT2D eigenvalue weighted by Gasteiger charge is -2.13. The van der Waals surface area contributed by atoms with E-state index in [0.717, 1.165) is 38.3 Å². The summed E-state index contributed by atoms with van der Waals surface area (Å²) in [6, 6.07) is 22.4. The molecule has 0 fully saturated rings. The molecule has 30 heavy (non-hydrogen) atoms. The first kappa shape index (κ1) is 16.1. The minimum absolute atomic E-state index is 0.0299. The summed E-state index contributed by atoms with van der Waals surface area (Å²) in [5.74, 6) is 0.730. The topological polar surface area (TPSA) is 43.6 Å². The number of pyridine rings is 1. The van der Waals surface area contributed by atoms with Gasteiger partial charge in [0.2, 0.25) is 0 Å². The van der Waals surface area contributed by atoms with Crippen molar-refractivity contribution < 1.29 is 4.74 Å². The normalized spacial score (nSPS) is 12.3. The van der Waals surface area contributed by atoms with E-state index in [9.17, 15) is 4.79 Å². The highest BCUT2D eigenvalue weighted by molar-refractivity contribution is 7.25. The molecule has 0 N–H and O–H groups in total. The maximum absolute atomic E-state index is 13.6. The van der Waals surface area contributed by atoms with Gasteiger partial charge >= 0.3 is 0 Å². The van der Waals surface area contributed by atoms with E-state index in [-0.39, 0.29) is 5.56 Å². The van der Waals surface area contributed by atoms with E-state index in [0.29, 0.717) is 5.65 Å². The lowest BCUT2D eigenvalue weighted by Crippen LogP contribution is -2.13. The SMILES string of the molecule is COc1ccc2c(c1)nc1c3ccc4sc5ccccc5c5ccc(c(=O)n21)c3c45. The van der Waals surface area contributed by atoms with Crippen LogP contribution < -0.4 is 10.3 Å². The number of aromatic nitrogens is 2. The standard InChI is InChI=1S/C25H14N2O2S/c1-29-13-6-10-19-18(12-13)26-24-16-9-11-21-23-15(14-4-2-3-5-20(14)30-21)7-8-17(22(16)23)25(28)27(19)24/h2-12H,1H3. The molecule has 4 aromatic carbocycles. The number of hydrogen-bond acceptors (Lipinski definition) is 4. The molecular formula is C25H14N2O2S. The summed E-state index contributed by atoms with van der Waals surface area (Å²) >= 11 is 1.76. The lowest BCUT2D eigenvalue weighted by atomic mass is 9.98. The van der Waals surface area contributed by atoms with Crippen molar-refractivity contribution in [2.45, 2.75) is 0 Å². The summed E-state index contributed by atoms with van der Waals surface area (Å²) in [6.45, 7) is 0. The van der Waals surface area contributed by atoms with E-state index >= 15 is 0 Å². The molecule has 142 valence electrons. The van der Waals surface area contributed by atoms with Crippen molar-refractivity contribution >= 4 is 69.7 Å². The predicted octanol–water partition coefficient (Wildman–Crippen LogP) is 5.97. The quantitative estimate of drug-likeness (QED) is 0.249. The number of fused-ring (bicyclic) bond motifs is 6. The summed E-state index contributed by atoms with van der Waals surface area (Å²) in [5, 5.41) is 6.28. The molecule has 0 aliphatic carbocycles. The van der Waals surface area contributed by atoms with E-state index in [1.165, 1.54) is 20.2 Å². The fourth-order valence-electron chi connectivity index (χ4n) is 4.73. The Morgan fingerprint density at radius 1 is 0.833 bits per heavy atom. The van der Waals surface area contributed by atoms with Gasteiger partial charge in [0.1, 0.15) is 11.4 Å². The van der Waals surface area contributed by atoms with Gasteiger partial charge in [-0.05, 0) is 47.2 Å². The van der Waals surface area contributed by atoms with Crippen LogP contribution >= 0.6 is 11.3 Å². The molecule has 7 rings (SSSR count). The summed E-state index contributed by atoms with van der Waals surface area (Å²) in [5.41, 5.74) is 2.23. The van der Waals surface area contributed by atoms with Crippen LogP contribution in [-0.4, -0.2) is 16.5 Å². The van der Waals surface area contributed by atoms with Gasteiger partial charge in [0.15, 0.2) is 0 Å². The second-order valence-electron chi connectivity index (χ2n) is 7.55. The van der Waals surface area contributed by atoms with Crippen molar-refractivity contribution in [2.75, 3.05) is 7.11 Å². The number of hydrogen-bond donors (Lipinski definition) is 0. The second kappa shape index (κ2) is 5.46. The molecule has 0 radical (unpaired) electrons. The maximum atomic E-state index is 13.6. The summed E-state index contributed by atoms with van der Waals surface area (Å²) in [6.07, 6.45) is 0. The summed E-state index contributed by atoms with van der Waals surface area (Å²) < 4.78 is 9.51. The summed E-state index contributed by atoms with van der Waals surface area (Å²) in [4.78, 5) is 18.4. The van der Waals surface area contributed by atoms with Crippen molar-refractivity contribution in [2.24, 2.45) is 0 Å². The first-order chi connectivity index (χ1) is 14.7. The molecule has 5 heteroatoms. The number of benzene rings is 4. The van der Waals surface area contributed by atoms with Crippen LogP contribution in [0.1, 0.15) is 0 Å². The minimum atomic E-state index is -0.0299. The molecule has 0 atom stereocenters. The zero-order valence-corrected chi connectivity index (χ0v) is 16.8. The van der Waals surface area contributed by atoms with Crippen molar-refractivity contribution in [3.8, 4) is 5.75 Å². The number of imidazole rings is 1. The molecule has 0 aliphatic rings. The van der Waals surface area contributed by atoms with Gasteiger partial charge in [-0.2, -0.15) is 0 Å². The first-order valence-corrected chi connectivity index (χ1v) is 10.5. The molecule has 0 spiro atoms. The third kappa shape index (κ3) is 1.86. The monoisotopic (exact) mass is 406 g/mol. The van der Waals surface area contributed by atoms with Crippen LogP contribution in [0.4, 0.5) is 0 Å². The molecule has 0 bridgehead atoms. The van der Waals surface area contributed by atoms with Crippen LogP contribution in [0.25, 0.3) is 58.4 Å². The van der Waals surface area contributed by atoms with Crippen LogP contribution in [0.5, 0.6) is 5.75 Å². The predicted molar refractivity (Wildman–Crippen MR) is 125 cm³/mol. The van der Waals surface area contributed by atoms with Gasteiger partial charge in [0.05, 0.1) is 18.1 Å². The molecule has 0 saturated carbocycles. The highest BCUT2D eigenvalue weighted by Gasteiger charge is 2.19. The highest BCUT2D eigenvalue weighted by Crippen LogP contribution is 2.41. The van der Waals surface area contributed by atoms with Gasteiger partial charge in [-0.25, -0.2) is 4.98 Å². The summed E-state index contributed by atoms with van der Waals surface area (Å²) in [7, 11) is 1.63. The van der Waals surface area contributed by atoms with Crippen molar-refractivity contribution in [3.05, 3.63) is 77.1 Å². The number of ether oxygens (including phenoxy) is 1. The fraction of sp³-hybridized carbons (Fsp3) is 0.0400. The zero-order chi connectivity index (χ0) is 20.0. The van der Waals surface area contributed by atoms with E-state index in [4.69, 9.17) is 9.72 Å². The Morgan fingerprint density at radius 3 is 2.57 bits per heavy atom. The molecule has 0 saturated heterocycles. The molecule has 3 aromatic heterocycles. The Hall–Kier alpha value is -3.70. The average Bonchev–Trinajstić information content (AvgIpc) is 3.17. The van der Waals surface area contributed by atoms with Crippen LogP contribution in [-0.2, 0) is 0 Å². The number of rotatable bonds is 1. The molecule has 0 unspecified atom stereocenters. The van der Waals surface area contributed by atoms with E-state index in [2.05, 4.69) is 42.5 Å². The Morgan fingerprint density at radius 2 is 1.67 bits per heavy atom. The van der Waals surface area contributed by atoms with Crippen molar-refractivity contribution in [1.82, 2.24) is 9.38 Å². The second-order valence-corrected chi connectivity index (χ2v) is 8.63. The number of methoxy groups -OCH3 is 1.